The molecule has 1 amide bonds. The number of hydrogen-bond donors (Lipinski definition) is 2. The van der Waals surface area contributed by atoms with Gasteiger partial charge in [0.25, 0.3) is 0 Å². The summed E-state index contributed by atoms with van der Waals surface area (Å²) in [6, 6.07) is 14.4. The second-order valence-corrected chi connectivity index (χ2v) is 9.00. The average molecular weight is 500 g/mol. The molecule has 2 N–H and O–H groups in total. The van der Waals surface area contributed by atoms with Gasteiger partial charge in [0.2, 0.25) is 5.91 Å². The highest BCUT2D eigenvalue weighted by atomic mass is 35.5. The zero-order valence-electron chi connectivity index (χ0n) is 18.6. The van der Waals surface area contributed by atoms with Gasteiger partial charge in [-0.3, -0.25) is 9.69 Å². The zero-order chi connectivity index (χ0) is 21.6. The van der Waals surface area contributed by atoms with E-state index >= 15 is 0 Å². The molecule has 2 aromatic rings. The van der Waals surface area contributed by atoms with Crippen LogP contribution in [0.4, 0.5) is 8.78 Å². The maximum Gasteiger partial charge on any atom is 0.220 e. The first-order valence-corrected chi connectivity index (χ1v) is 11.3. The lowest BCUT2D eigenvalue weighted by Crippen LogP contribution is -2.55. The van der Waals surface area contributed by atoms with Gasteiger partial charge in [0.1, 0.15) is 11.6 Å². The van der Waals surface area contributed by atoms with Crippen LogP contribution in [0.3, 0.4) is 0 Å². The van der Waals surface area contributed by atoms with Crippen LogP contribution in [0.5, 0.6) is 0 Å². The van der Waals surface area contributed by atoms with E-state index in [2.05, 4.69) is 45.9 Å². The van der Waals surface area contributed by atoms with Crippen molar-refractivity contribution in [2.45, 2.75) is 44.8 Å². The number of likely N-dealkylation sites (tertiary alicyclic amines) is 1. The van der Waals surface area contributed by atoms with Crippen LogP contribution in [0.1, 0.15) is 36.8 Å². The molecule has 2 fully saturated rings. The third kappa shape index (κ3) is 8.21. The minimum atomic E-state index is -0.625. The van der Waals surface area contributed by atoms with E-state index in [1.165, 1.54) is 24.1 Å². The van der Waals surface area contributed by atoms with Crippen LogP contribution in [0.25, 0.3) is 0 Å². The highest BCUT2D eigenvalue weighted by molar-refractivity contribution is 5.85. The number of piperidine rings is 2. The number of carbonyl (C=O) groups excluding carboxylic acids is 1. The van der Waals surface area contributed by atoms with Crippen molar-refractivity contribution in [3.63, 3.8) is 0 Å². The summed E-state index contributed by atoms with van der Waals surface area (Å²) < 4.78 is 26.5. The van der Waals surface area contributed by atoms with Gasteiger partial charge in [0, 0.05) is 44.7 Å². The summed E-state index contributed by atoms with van der Waals surface area (Å²) in [6.45, 7) is 4.44. The first kappa shape index (κ1) is 27.5. The summed E-state index contributed by atoms with van der Waals surface area (Å²) in [6.07, 6.45) is 3.47. The SMILES string of the molecule is Cl.Cl.O=C(CCC[C@H]1NCC2CC1CN(Cc1ccccc1)C2)NCc1cc(F)cc(F)c1. The Bertz CT molecular complexity index is 867. The topological polar surface area (TPSA) is 44.4 Å². The molecule has 2 aromatic carbocycles. The van der Waals surface area contributed by atoms with E-state index in [4.69, 9.17) is 0 Å². The van der Waals surface area contributed by atoms with E-state index in [1.807, 2.05) is 0 Å². The molecule has 4 rings (SSSR count). The normalized spacial score (nSPS) is 22.1. The van der Waals surface area contributed by atoms with Crippen molar-refractivity contribution in [3.8, 4) is 0 Å². The van der Waals surface area contributed by atoms with Gasteiger partial charge in [-0.25, -0.2) is 8.78 Å². The molecule has 3 atom stereocenters. The standard InChI is InChI=1S/C25H31F2N3O.2ClH/c26-22-10-19(11-23(27)12-22)13-29-25(31)8-4-7-24-21-9-20(14-28-24)16-30(17-21)15-18-5-2-1-3-6-18;;/h1-3,5-6,10-12,20-21,24,28H,4,7-9,13-17H2,(H,29,31);2*1H/t20?,21?,24-;;/m1../s1. The van der Waals surface area contributed by atoms with Crippen molar-refractivity contribution in [2.75, 3.05) is 19.6 Å². The van der Waals surface area contributed by atoms with Crippen LogP contribution in [-0.2, 0) is 17.9 Å². The van der Waals surface area contributed by atoms with Crippen molar-refractivity contribution in [1.82, 2.24) is 15.5 Å². The Kier molecular flexibility index (Phi) is 11.0. The number of carbonyl (C=O) groups is 1. The van der Waals surface area contributed by atoms with Crippen molar-refractivity contribution in [1.29, 1.82) is 0 Å². The number of amides is 1. The molecule has 0 aromatic heterocycles. The van der Waals surface area contributed by atoms with Crippen molar-refractivity contribution in [2.24, 2.45) is 11.8 Å². The smallest absolute Gasteiger partial charge is 0.220 e. The fourth-order valence-corrected chi connectivity index (χ4v) is 5.07. The molecule has 0 radical (unpaired) electrons. The third-order valence-corrected chi connectivity index (χ3v) is 6.46. The molecule has 0 saturated carbocycles. The Balaban J connectivity index is 0.00000193. The lowest BCUT2D eigenvalue weighted by Gasteiger charge is -2.46. The number of halogens is 4. The Morgan fingerprint density at radius 3 is 2.48 bits per heavy atom. The molecule has 0 aliphatic carbocycles. The molecule has 182 valence electrons. The van der Waals surface area contributed by atoms with E-state index in [9.17, 15) is 13.6 Å². The molecular formula is C25H33Cl2F2N3O. The molecule has 2 unspecified atom stereocenters. The highest BCUT2D eigenvalue weighted by Gasteiger charge is 2.36. The summed E-state index contributed by atoms with van der Waals surface area (Å²) in [5.41, 5.74) is 1.80. The maximum atomic E-state index is 13.3. The van der Waals surface area contributed by atoms with Crippen LogP contribution in [0.15, 0.2) is 48.5 Å². The van der Waals surface area contributed by atoms with Gasteiger partial charge in [-0.05, 0) is 60.9 Å². The van der Waals surface area contributed by atoms with Crippen molar-refractivity contribution >= 4 is 30.7 Å². The number of benzene rings is 2. The van der Waals surface area contributed by atoms with Gasteiger partial charge in [0.15, 0.2) is 0 Å². The summed E-state index contributed by atoms with van der Waals surface area (Å²) >= 11 is 0. The lowest BCUT2D eigenvalue weighted by molar-refractivity contribution is -0.121. The molecule has 8 heteroatoms. The van der Waals surface area contributed by atoms with Gasteiger partial charge >= 0.3 is 0 Å². The molecule has 2 bridgehead atoms. The molecule has 0 spiro atoms. The Labute approximate surface area is 207 Å². The van der Waals surface area contributed by atoms with Crippen molar-refractivity contribution < 1.29 is 13.6 Å². The summed E-state index contributed by atoms with van der Waals surface area (Å²) in [5.74, 6) is -0.00430. The minimum Gasteiger partial charge on any atom is -0.352 e. The maximum absolute atomic E-state index is 13.3. The van der Waals surface area contributed by atoms with Crippen molar-refractivity contribution in [3.05, 3.63) is 71.3 Å². The zero-order valence-corrected chi connectivity index (χ0v) is 20.3. The van der Waals surface area contributed by atoms with Gasteiger partial charge in [0.05, 0.1) is 0 Å². The van der Waals surface area contributed by atoms with Crippen LogP contribution in [0.2, 0.25) is 0 Å². The van der Waals surface area contributed by atoms with Crippen LogP contribution >= 0.6 is 24.8 Å². The number of fused-ring (bicyclic) bond motifs is 2. The van der Waals surface area contributed by atoms with E-state index in [0.29, 0.717) is 29.9 Å². The summed E-state index contributed by atoms with van der Waals surface area (Å²) in [5, 5.41) is 6.48. The van der Waals surface area contributed by atoms with Crippen LogP contribution < -0.4 is 10.6 Å². The quantitative estimate of drug-likeness (QED) is 0.552. The van der Waals surface area contributed by atoms with Gasteiger partial charge in [-0.15, -0.1) is 24.8 Å². The summed E-state index contributed by atoms with van der Waals surface area (Å²) in [7, 11) is 0. The average Bonchev–Trinajstić information content (AvgIpc) is 2.74. The van der Waals surface area contributed by atoms with Gasteiger partial charge in [-0.2, -0.15) is 0 Å². The predicted octanol–water partition coefficient (Wildman–Crippen LogP) is 4.71. The third-order valence-electron chi connectivity index (χ3n) is 6.46. The Hall–Kier alpha value is -1.73. The van der Waals surface area contributed by atoms with E-state index in [0.717, 1.165) is 45.1 Å². The number of rotatable bonds is 8. The van der Waals surface area contributed by atoms with Crippen LogP contribution in [-0.4, -0.2) is 36.5 Å². The largest absolute Gasteiger partial charge is 0.352 e. The second-order valence-electron chi connectivity index (χ2n) is 9.00. The predicted molar refractivity (Wildman–Crippen MR) is 132 cm³/mol. The minimum absolute atomic E-state index is 0. The van der Waals surface area contributed by atoms with Gasteiger partial charge < -0.3 is 10.6 Å². The number of nitrogens with one attached hydrogen (secondary N) is 2. The molecule has 4 nitrogen and oxygen atoms in total. The first-order chi connectivity index (χ1) is 15.0. The van der Waals surface area contributed by atoms with E-state index in [-0.39, 0.29) is 37.3 Å². The molecule has 2 aliphatic rings. The monoisotopic (exact) mass is 499 g/mol. The molecular weight excluding hydrogens is 467 g/mol. The number of nitrogens with zero attached hydrogens (tertiary/aromatic N) is 1. The fraction of sp³-hybridized carbons (Fsp3) is 0.480. The van der Waals surface area contributed by atoms with E-state index < -0.39 is 11.6 Å². The lowest BCUT2D eigenvalue weighted by atomic mass is 9.79. The molecule has 2 aliphatic heterocycles. The Morgan fingerprint density at radius 2 is 1.76 bits per heavy atom. The number of hydrogen-bond acceptors (Lipinski definition) is 3. The first-order valence-electron chi connectivity index (χ1n) is 11.3. The highest BCUT2D eigenvalue weighted by Crippen LogP contribution is 2.31. The molecule has 2 heterocycles. The van der Waals surface area contributed by atoms with Crippen LogP contribution in [0, 0.1) is 23.5 Å². The van der Waals surface area contributed by atoms with Gasteiger partial charge in [-0.1, -0.05) is 30.3 Å². The molecule has 2 saturated heterocycles. The second kappa shape index (κ2) is 13.2. The molecule has 33 heavy (non-hydrogen) atoms. The van der Waals surface area contributed by atoms with E-state index in [1.54, 1.807) is 0 Å². The Morgan fingerprint density at radius 1 is 1.03 bits per heavy atom. The fourth-order valence-electron chi connectivity index (χ4n) is 5.07. The summed E-state index contributed by atoms with van der Waals surface area (Å²) in [4.78, 5) is 14.7.